The van der Waals surface area contributed by atoms with Crippen LogP contribution >= 0.6 is 0 Å². The number of hydrogen-bond donors (Lipinski definition) is 1. The van der Waals surface area contributed by atoms with E-state index in [2.05, 4.69) is 10.4 Å². The summed E-state index contributed by atoms with van der Waals surface area (Å²) in [6, 6.07) is 1.85. The van der Waals surface area contributed by atoms with Crippen molar-refractivity contribution in [1.82, 2.24) is 15.1 Å². The number of aryl methyl sites for hydroxylation is 1. The van der Waals surface area contributed by atoms with Crippen LogP contribution in [0.15, 0.2) is 6.07 Å². The highest BCUT2D eigenvalue weighted by Crippen LogP contribution is 2.24. The summed E-state index contributed by atoms with van der Waals surface area (Å²) in [5, 5.41) is 7.71. The normalized spacial score (nSPS) is 17.4. The minimum Gasteiger partial charge on any atom is -0.464 e. The number of nitrogens with one attached hydrogen (secondary N) is 1. The number of esters is 1. The van der Waals surface area contributed by atoms with Gasteiger partial charge in [-0.2, -0.15) is 5.10 Å². The molecule has 0 radical (unpaired) electrons. The van der Waals surface area contributed by atoms with Crippen LogP contribution in [-0.2, 0) is 11.8 Å². The predicted molar refractivity (Wildman–Crippen MR) is 59.4 cm³/mol. The Balaban J connectivity index is 2.19. The maximum atomic E-state index is 11.4. The highest BCUT2D eigenvalue weighted by Gasteiger charge is 2.21. The minimum atomic E-state index is -0.324. The Bertz CT molecular complexity index is 381. The van der Waals surface area contributed by atoms with Crippen LogP contribution in [0.2, 0.25) is 0 Å². The van der Waals surface area contributed by atoms with Crippen molar-refractivity contribution in [2.45, 2.75) is 18.8 Å². The van der Waals surface area contributed by atoms with Crippen molar-refractivity contribution in [2.75, 3.05) is 20.2 Å². The summed E-state index contributed by atoms with van der Waals surface area (Å²) in [6.45, 7) is 2.05. The zero-order chi connectivity index (χ0) is 11.5. The molecule has 0 bridgehead atoms. The lowest BCUT2D eigenvalue weighted by Gasteiger charge is -2.20. The summed E-state index contributed by atoms with van der Waals surface area (Å²) < 4.78 is 6.31. The molecule has 5 nitrogen and oxygen atoms in total. The second-order valence-electron chi connectivity index (χ2n) is 4.09. The van der Waals surface area contributed by atoms with Gasteiger partial charge in [-0.1, -0.05) is 0 Å². The van der Waals surface area contributed by atoms with Crippen LogP contribution in [0, 0.1) is 0 Å². The Morgan fingerprint density at radius 2 is 2.25 bits per heavy atom. The van der Waals surface area contributed by atoms with Gasteiger partial charge in [-0.25, -0.2) is 4.79 Å². The SMILES string of the molecule is COC(=O)c1cc(C2CCNCC2)nn1C. The Hall–Kier alpha value is -1.36. The topological polar surface area (TPSA) is 56.1 Å². The number of rotatable bonds is 2. The smallest absolute Gasteiger partial charge is 0.356 e. The van der Waals surface area contributed by atoms with Gasteiger partial charge in [0.25, 0.3) is 0 Å². The molecule has 0 spiro atoms. The number of carbonyl (C=O) groups excluding carboxylic acids is 1. The summed E-state index contributed by atoms with van der Waals surface area (Å²) >= 11 is 0. The molecule has 1 saturated heterocycles. The van der Waals surface area contributed by atoms with Crippen LogP contribution in [0.4, 0.5) is 0 Å². The van der Waals surface area contributed by atoms with E-state index in [0.29, 0.717) is 11.6 Å². The zero-order valence-corrected chi connectivity index (χ0v) is 9.69. The molecule has 88 valence electrons. The van der Waals surface area contributed by atoms with Crippen molar-refractivity contribution in [3.05, 3.63) is 17.5 Å². The van der Waals surface area contributed by atoms with Gasteiger partial charge in [0.15, 0.2) is 0 Å². The first-order valence-electron chi connectivity index (χ1n) is 5.55. The van der Waals surface area contributed by atoms with Gasteiger partial charge in [0.05, 0.1) is 12.8 Å². The molecule has 1 aliphatic heterocycles. The average Bonchev–Trinajstić information content (AvgIpc) is 2.71. The lowest BCUT2D eigenvalue weighted by Crippen LogP contribution is -2.26. The Morgan fingerprint density at radius 3 is 2.88 bits per heavy atom. The first-order chi connectivity index (χ1) is 7.72. The lowest BCUT2D eigenvalue weighted by atomic mass is 9.95. The summed E-state index contributed by atoms with van der Waals surface area (Å²) in [5.74, 6) is 0.140. The summed E-state index contributed by atoms with van der Waals surface area (Å²) in [4.78, 5) is 11.4. The molecular weight excluding hydrogens is 206 g/mol. The van der Waals surface area contributed by atoms with Gasteiger partial charge in [-0.15, -0.1) is 0 Å². The van der Waals surface area contributed by atoms with Crippen molar-refractivity contribution in [2.24, 2.45) is 7.05 Å². The van der Waals surface area contributed by atoms with Gasteiger partial charge in [0, 0.05) is 13.0 Å². The predicted octanol–water partition coefficient (Wildman–Crippen LogP) is 0.674. The highest BCUT2D eigenvalue weighted by molar-refractivity contribution is 5.87. The number of aromatic nitrogens is 2. The van der Waals surface area contributed by atoms with Crippen LogP contribution in [-0.4, -0.2) is 35.9 Å². The Morgan fingerprint density at radius 1 is 1.56 bits per heavy atom. The van der Waals surface area contributed by atoms with Gasteiger partial charge >= 0.3 is 5.97 Å². The fraction of sp³-hybridized carbons (Fsp3) is 0.636. The van der Waals surface area contributed by atoms with Crippen molar-refractivity contribution >= 4 is 5.97 Å². The number of nitrogens with zero attached hydrogens (tertiary/aromatic N) is 2. The molecule has 0 aliphatic carbocycles. The molecule has 1 aromatic rings. The molecule has 2 heterocycles. The molecule has 1 aliphatic rings. The Kier molecular flexibility index (Phi) is 3.24. The molecule has 2 rings (SSSR count). The second kappa shape index (κ2) is 4.65. The standard InChI is InChI=1S/C11H17N3O2/c1-14-10(11(15)16-2)7-9(13-14)8-3-5-12-6-4-8/h7-8,12H,3-6H2,1-2H3. The first-order valence-corrected chi connectivity index (χ1v) is 5.55. The van der Waals surface area contributed by atoms with E-state index in [1.54, 1.807) is 11.7 Å². The van der Waals surface area contributed by atoms with Gasteiger partial charge in [-0.05, 0) is 32.0 Å². The average molecular weight is 223 g/mol. The van der Waals surface area contributed by atoms with Crippen molar-refractivity contribution < 1.29 is 9.53 Å². The first kappa shape index (κ1) is 11.1. The van der Waals surface area contributed by atoms with E-state index < -0.39 is 0 Å². The van der Waals surface area contributed by atoms with Crippen LogP contribution in [0.5, 0.6) is 0 Å². The van der Waals surface area contributed by atoms with E-state index in [9.17, 15) is 4.79 Å². The highest BCUT2D eigenvalue weighted by atomic mass is 16.5. The third kappa shape index (κ3) is 2.09. The third-order valence-corrected chi connectivity index (χ3v) is 3.05. The van der Waals surface area contributed by atoms with Gasteiger partial charge < -0.3 is 10.1 Å². The quantitative estimate of drug-likeness (QED) is 0.749. The van der Waals surface area contributed by atoms with Crippen LogP contribution < -0.4 is 5.32 Å². The maximum absolute atomic E-state index is 11.4. The van der Waals surface area contributed by atoms with E-state index in [1.807, 2.05) is 6.07 Å². The van der Waals surface area contributed by atoms with E-state index in [0.717, 1.165) is 31.6 Å². The van der Waals surface area contributed by atoms with E-state index in [1.165, 1.54) is 7.11 Å². The van der Waals surface area contributed by atoms with Crippen LogP contribution in [0.3, 0.4) is 0 Å². The molecule has 0 aromatic carbocycles. The van der Waals surface area contributed by atoms with E-state index in [-0.39, 0.29) is 5.97 Å². The largest absolute Gasteiger partial charge is 0.464 e. The molecule has 1 N–H and O–H groups in total. The number of ether oxygens (including phenoxy) is 1. The Labute approximate surface area is 94.8 Å². The van der Waals surface area contributed by atoms with Gasteiger partial charge in [-0.3, -0.25) is 4.68 Å². The maximum Gasteiger partial charge on any atom is 0.356 e. The number of methoxy groups -OCH3 is 1. The fourth-order valence-corrected chi connectivity index (χ4v) is 2.10. The number of hydrogen-bond acceptors (Lipinski definition) is 4. The fourth-order valence-electron chi connectivity index (χ4n) is 2.10. The van der Waals surface area contributed by atoms with Gasteiger partial charge in [0.1, 0.15) is 5.69 Å². The third-order valence-electron chi connectivity index (χ3n) is 3.05. The molecule has 1 aromatic heterocycles. The van der Waals surface area contributed by atoms with E-state index in [4.69, 9.17) is 4.74 Å². The molecular formula is C11H17N3O2. The molecule has 16 heavy (non-hydrogen) atoms. The molecule has 0 atom stereocenters. The summed E-state index contributed by atoms with van der Waals surface area (Å²) in [6.07, 6.45) is 2.16. The molecule has 5 heteroatoms. The summed E-state index contributed by atoms with van der Waals surface area (Å²) in [7, 11) is 3.16. The molecule has 1 fully saturated rings. The van der Waals surface area contributed by atoms with Gasteiger partial charge in [0.2, 0.25) is 0 Å². The van der Waals surface area contributed by atoms with Crippen LogP contribution in [0.25, 0.3) is 0 Å². The minimum absolute atomic E-state index is 0.324. The number of piperidine rings is 1. The monoisotopic (exact) mass is 223 g/mol. The van der Waals surface area contributed by atoms with Crippen molar-refractivity contribution in [3.63, 3.8) is 0 Å². The zero-order valence-electron chi connectivity index (χ0n) is 9.69. The van der Waals surface area contributed by atoms with Crippen molar-refractivity contribution in [1.29, 1.82) is 0 Å². The summed E-state index contributed by atoms with van der Waals surface area (Å²) in [5.41, 5.74) is 1.53. The van der Waals surface area contributed by atoms with Crippen molar-refractivity contribution in [3.8, 4) is 0 Å². The molecule has 0 unspecified atom stereocenters. The van der Waals surface area contributed by atoms with Crippen LogP contribution in [0.1, 0.15) is 34.9 Å². The molecule has 0 saturated carbocycles. The molecule has 0 amide bonds. The lowest BCUT2D eigenvalue weighted by molar-refractivity contribution is 0.0588. The second-order valence-corrected chi connectivity index (χ2v) is 4.09. The number of carbonyl (C=O) groups is 1. The van der Waals surface area contributed by atoms with E-state index >= 15 is 0 Å².